The van der Waals surface area contributed by atoms with Crippen LogP contribution in [0.2, 0.25) is 0 Å². The number of ether oxygens (including phenoxy) is 1. The Morgan fingerprint density at radius 3 is 2.61 bits per heavy atom. The number of carbonyl (C=O) groups excluding carboxylic acids is 1. The number of hydrogen-bond donors (Lipinski definition) is 0. The fraction of sp³-hybridized carbons (Fsp3) is 0.286. The van der Waals surface area contributed by atoms with E-state index in [1.54, 1.807) is 12.3 Å². The van der Waals surface area contributed by atoms with E-state index in [4.69, 9.17) is 4.74 Å². The third-order valence-electron chi connectivity index (χ3n) is 4.70. The number of nitrogens with zero attached hydrogens (tertiary/aromatic N) is 4. The second-order valence-electron chi connectivity index (χ2n) is 7.29. The van der Waals surface area contributed by atoms with Crippen molar-refractivity contribution in [1.82, 2.24) is 19.6 Å². The highest BCUT2D eigenvalue weighted by Crippen LogP contribution is 2.27. The zero-order chi connectivity index (χ0) is 19.8. The Morgan fingerprint density at radius 1 is 1.11 bits per heavy atom. The van der Waals surface area contributed by atoms with Crippen molar-refractivity contribution in [1.29, 1.82) is 0 Å². The third-order valence-corrected chi connectivity index (χ3v) is 5.16. The molecule has 6 nitrogen and oxygen atoms in total. The van der Waals surface area contributed by atoms with Crippen LogP contribution in [0.25, 0.3) is 21.8 Å². The zero-order valence-electron chi connectivity index (χ0n) is 16.0. The number of methoxy groups -OCH3 is 1. The molecule has 2 aromatic carbocycles. The number of carbonyl (C=O) groups is 1. The molecule has 0 bridgehead atoms. The Balaban J connectivity index is 1.77. The first-order valence-corrected chi connectivity index (χ1v) is 9.93. The molecule has 0 aliphatic carbocycles. The molecule has 0 N–H and O–H groups in total. The lowest BCUT2D eigenvalue weighted by molar-refractivity contribution is 0.0601. The first-order valence-electron chi connectivity index (χ1n) is 9.14. The summed E-state index contributed by atoms with van der Waals surface area (Å²) in [7, 11) is 1.38. The highest BCUT2D eigenvalue weighted by atomic mass is 79.9. The highest BCUT2D eigenvalue weighted by Gasteiger charge is 2.14. The molecule has 0 amide bonds. The summed E-state index contributed by atoms with van der Waals surface area (Å²) in [5, 5.41) is 11.1. The zero-order valence-corrected chi connectivity index (χ0v) is 17.6. The SMILES string of the molecule is COC(=O)c1ccc2c(cnn2Cc2cc(Br)cc3cnn(CC(C)C)c23)c1. The molecular formula is C21H21BrN4O2. The Bertz CT molecular complexity index is 1180. The van der Waals surface area contributed by atoms with Crippen LogP contribution >= 0.6 is 15.9 Å². The molecule has 0 aliphatic heterocycles. The van der Waals surface area contributed by atoms with Gasteiger partial charge in [0.25, 0.3) is 0 Å². The summed E-state index contributed by atoms with van der Waals surface area (Å²) in [6.07, 6.45) is 3.69. The molecule has 4 rings (SSSR count). The summed E-state index contributed by atoms with van der Waals surface area (Å²) in [5.41, 5.74) is 3.77. The quantitative estimate of drug-likeness (QED) is 0.424. The Kier molecular flexibility index (Phi) is 4.93. The van der Waals surface area contributed by atoms with Gasteiger partial charge in [-0.1, -0.05) is 29.8 Å². The van der Waals surface area contributed by atoms with Gasteiger partial charge >= 0.3 is 5.97 Å². The van der Waals surface area contributed by atoms with Crippen LogP contribution < -0.4 is 0 Å². The van der Waals surface area contributed by atoms with Gasteiger partial charge in [0.15, 0.2) is 0 Å². The van der Waals surface area contributed by atoms with E-state index in [1.165, 1.54) is 7.11 Å². The lowest BCUT2D eigenvalue weighted by Crippen LogP contribution is -2.09. The van der Waals surface area contributed by atoms with Crippen molar-refractivity contribution in [3.05, 3.63) is 58.3 Å². The molecular weight excluding hydrogens is 420 g/mol. The van der Waals surface area contributed by atoms with E-state index in [0.717, 1.165) is 38.4 Å². The van der Waals surface area contributed by atoms with Gasteiger partial charge in [-0.15, -0.1) is 0 Å². The predicted molar refractivity (Wildman–Crippen MR) is 112 cm³/mol. The first-order chi connectivity index (χ1) is 13.5. The lowest BCUT2D eigenvalue weighted by Gasteiger charge is -2.12. The number of fused-ring (bicyclic) bond motifs is 2. The first kappa shape index (κ1) is 18.7. The third kappa shape index (κ3) is 3.42. The molecule has 28 heavy (non-hydrogen) atoms. The summed E-state index contributed by atoms with van der Waals surface area (Å²) in [5.74, 6) is 0.155. The van der Waals surface area contributed by atoms with Gasteiger partial charge in [-0.2, -0.15) is 10.2 Å². The molecule has 2 heterocycles. The maximum Gasteiger partial charge on any atom is 0.337 e. The van der Waals surface area contributed by atoms with Gasteiger partial charge in [0.2, 0.25) is 0 Å². The van der Waals surface area contributed by atoms with Crippen molar-refractivity contribution in [3.63, 3.8) is 0 Å². The van der Waals surface area contributed by atoms with E-state index in [1.807, 2.05) is 23.0 Å². The molecule has 0 fully saturated rings. The Hall–Kier alpha value is -2.67. The lowest BCUT2D eigenvalue weighted by atomic mass is 10.1. The summed E-state index contributed by atoms with van der Waals surface area (Å²) in [6.45, 7) is 5.85. The van der Waals surface area contributed by atoms with Crippen LogP contribution in [-0.4, -0.2) is 32.6 Å². The molecule has 2 aromatic heterocycles. The minimum atomic E-state index is -0.346. The molecule has 0 radical (unpaired) electrons. The maximum absolute atomic E-state index is 11.8. The topological polar surface area (TPSA) is 61.9 Å². The summed E-state index contributed by atoms with van der Waals surface area (Å²) in [6, 6.07) is 9.70. The number of benzene rings is 2. The van der Waals surface area contributed by atoms with Gasteiger partial charge in [-0.25, -0.2) is 4.79 Å². The van der Waals surface area contributed by atoms with Crippen molar-refractivity contribution in [3.8, 4) is 0 Å². The molecule has 0 saturated heterocycles. The van der Waals surface area contributed by atoms with Crippen molar-refractivity contribution in [2.75, 3.05) is 7.11 Å². The van der Waals surface area contributed by atoms with E-state index >= 15 is 0 Å². The molecule has 0 atom stereocenters. The van der Waals surface area contributed by atoms with Gasteiger partial charge < -0.3 is 4.74 Å². The second-order valence-corrected chi connectivity index (χ2v) is 8.21. The fourth-order valence-corrected chi connectivity index (χ4v) is 4.03. The van der Waals surface area contributed by atoms with Crippen LogP contribution in [-0.2, 0) is 17.8 Å². The predicted octanol–water partition coefficient (Wildman–Crippen LogP) is 4.64. The minimum Gasteiger partial charge on any atom is -0.465 e. The van der Waals surface area contributed by atoms with Crippen LogP contribution in [0.3, 0.4) is 0 Å². The van der Waals surface area contributed by atoms with Crippen LogP contribution in [0.1, 0.15) is 29.8 Å². The minimum absolute atomic E-state index is 0.346. The number of rotatable bonds is 5. The van der Waals surface area contributed by atoms with Crippen LogP contribution in [0.4, 0.5) is 0 Å². The van der Waals surface area contributed by atoms with E-state index in [-0.39, 0.29) is 5.97 Å². The van der Waals surface area contributed by atoms with Crippen molar-refractivity contribution in [2.45, 2.75) is 26.9 Å². The van der Waals surface area contributed by atoms with Crippen molar-refractivity contribution < 1.29 is 9.53 Å². The maximum atomic E-state index is 11.8. The van der Waals surface area contributed by atoms with E-state index in [0.29, 0.717) is 18.0 Å². The number of halogens is 1. The summed E-state index contributed by atoms with van der Waals surface area (Å²) < 4.78 is 9.84. The molecule has 0 saturated carbocycles. The normalized spacial score (nSPS) is 11.6. The average molecular weight is 441 g/mol. The van der Waals surface area contributed by atoms with E-state index < -0.39 is 0 Å². The fourth-order valence-electron chi connectivity index (χ4n) is 3.51. The molecule has 7 heteroatoms. The van der Waals surface area contributed by atoms with Gasteiger partial charge in [-0.05, 0) is 36.2 Å². The van der Waals surface area contributed by atoms with E-state index in [9.17, 15) is 4.79 Å². The Morgan fingerprint density at radius 2 is 1.86 bits per heavy atom. The van der Waals surface area contributed by atoms with Crippen LogP contribution in [0.15, 0.2) is 47.2 Å². The van der Waals surface area contributed by atoms with E-state index in [2.05, 4.69) is 56.8 Å². The van der Waals surface area contributed by atoms with Crippen LogP contribution in [0, 0.1) is 5.92 Å². The molecule has 144 valence electrons. The highest BCUT2D eigenvalue weighted by molar-refractivity contribution is 9.10. The van der Waals surface area contributed by atoms with Gasteiger partial charge in [0.05, 0.1) is 42.6 Å². The molecule has 4 aromatic rings. The van der Waals surface area contributed by atoms with Crippen molar-refractivity contribution in [2.24, 2.45) is 5.92 Å². The smallest absolute Gasteiger partial charge is 0.337 e. The van der Waals surface area contributed by atoms with Gasteiger partial charge in [-0.3, -0.25) is 9.36 Å². The Labute approximate surface area is 171 Å². The number of aromatic nitrogens is 4. The second kappa shape index (κ2) is 7.39. The number of hydrogen-bond acceptors (Lipinski definition) is 4. The summed E-state index contributed by atoms with van der Waals surface area (Å²) in [4.78, 5) is 11.8. The van der Waals surface area contributed by atoms with Crippen LogP contribution in [0.5, 0.6) is 0 Å². The summed E-state index contributed by atoms with van der Waals surface area (Å²) >= 11 is 3.61. The molecule has 0 aliphatic rings. The molecule has 0 unspecified atom stereocenters. The van der Waals surface area contributed by atoms with Gasteiger partial charge in [0.1, 0.15) is 0 Å². The standard InChI is InChI=1S/C21H21BrN4O2/c1-13(2)11-26-20-16(10-24-26)7-18(22)8-17(20)12-25-19-5-4-14(21(27)28-3)6-15(19)9-23-25/h4-10,13H,11-12H2,1-3H3. The van der Waals surface area contributed by atoms with Gasteiger partial charge in [0, 0.05) is 27.4 Å². The monoisotopic (exact) mass is 440 g/mol. The van der Waals surface area contributed by atoms with Crippen molar-refractivity contribution >= 4 is 43.7 Å². The largest absolute Gasteiger partial charge is 0.465 e. The number of esters is 1. The average Bonchev–Trinajstić information content (AvgIpc) is 3.24. The molecule has 0 spiro atoms.